The lowest BCUT2D eigenvalue weighted by molar-refractivity contribution is 0.283. The van der Waals surface area contributed by atoms with Crippen LogP contribution in [-0.4, -0.2) is 19.1 Å². The number of aromatic nitrogens is 1. The third-order valence-electron chi connectivity index (χ3n) is 2.76. The summed E-state index contributed by atoms with van der Waals surface area (Å²) in [5, 5.41) is 3.07. The van der Waals surface area contributed by atoms with Crippen molar-refractivity contribution < 1.29 is 13.9 Å². The summed E-state index contributed by atoms with van der Waals surface area (Å²) in [5.74, 6) is 0.904. The molecule has 2 aromatic rings. The van der Waals surface area contributed by atoms with E-state index in [1.165, 1.54) is 6.07 Å². The molecule has 0 amide bonds. The zero-order chi connectivity index (χ0) is 14.4. The Morgan fingerprint density at radius 1 is 1.15 bits per heavy atom. The van der Waals surface area contributed by atoms with E-state index < -0.39 is 0 Å². The molecule has 0 radical (unpaired) electrons. The van der Waals surface area contributed by atoms with Gasteiger partial charge in [-0.15, -0.1) is 0 Å². The van der Waals surface area contributed by atoms with Crippen LogP contribution in [0.1, 0.15) is 11.1 Å². The third kappa shape index (κ3) is 3.68. The van der Waals surface area contributed by atoms with Gasteiger partial charge < -0.3 is 14.8 Å². The number of pyridine rings is 1. The van der Waals surface area contributed by atoms with Crippen molar-refractivity contribution in [1.82, 2.24) is 10.3 Å². The van der Waals surface area contributed by atoms with Crippen LogP contribution in [0.2, 0.25) is 0 Å². The highest BCUT2D eigenvalue weighted by atomic mass is 19.1. The predicted molar refractivity (Wildman–Crippen MR) is 74.3 cm³/mol. The molecule has 1 N–H and O–H groups in total. The van der Waals surface area contributed by atoms with Gasteiger partial charge in [0.05, 0.1) is 13.3 Å². The maximum absolute atomic E-state index is 13.0. The Balaban J connectivity index is 2.09. The van der Waals surface area contributed by atoms with E-state index in [2.05, 4.69) is 10.3 Å². The molecule has 0 saturated heterocycles. The number of rotatable bonds is 6. The van der Waals surface area contributed by atoms with Crippen LogP contribution in [0.5, 0.6) is 11.5 Å². The van der Waals surface area contributed by atoms with Crippen molar-refractivity contribution in [2.75, 3.05) is 14.2 Å². The number of hydrogen-bond acceptors (Lipinski definition) is 4. The Labute approximate surface area is 117 Å². The summed E-state index contributed by atoms with van der Waals surface area (Å²) in [5.41, 5.74) is 1.77. The molecule has 4 nitrogen and oxygen atoms in total. The van der Waals surface area contributed by atoms with Gasteiger partial charge in [-0.25, -0.2) is 4.39 Å². The first-order chi connectivity index (χ1) is 9.72. The first kappa shape index (κ1) is 14.3. The van der Waals surface area contributed by atoms with E-state index in [1.807, 2.05) is 25.2 Å². The fourth-order valence-corrected chi connectivity index (χ4v) is 1.84. The highest BCUT2D eigenvalue weighted by molar-refractivity contribution is 5.43. The van der Waals surface area contributed by atoms with E-state index in [9.17, 15) is 4.39 Å². The minimum Gasteiger partial charge on any atom is -0.493 e. The summed E-state index contributed by atoms with van der Waals surface area (Å²) in [6.45, 7) is 0.997. The molecule has 20 heavy (non-hydrogen) atoms. The van der Waals surface area contributed by atoms with Crippen molar-refractivity contribution in [1.29, 1.82) is 0 Å². The summed E-state index contributed by atoms with van der Waals surface area (Å²) in [7, 11) is 3.48. The second-order valence-electron chi connectivity index (χ2n) is 4.32. The van der Waals surface area contributed by atoms with Crippen LogP contribution in [-0.2, 0) is 13.2 Å². The molecule has 0 aliphatic carbocycles. The van der Waals surface area contributed by atoms with Crippen molar-refractivity contribution in [2.45, 2.75) is 13.2 Å². The molecule has 2 rings (SSSR count). The van der Waals surface area contributed by atoms with Gasteiger partial charge in [-0.1, -0.05) is 6.07 Å². The first-order valence-corrected chi connectivity index (χ1v) is 6.26. The van der Waals surface area contributed by atoms with Gasteiger partial charge in [0.1, 0.15) is 12.4 Å². The molecule has 0 bridgehead atoms. The largest absolute Gasteiger partial charge is 0.493 e. The molecule has 0 saturated carbocycles. The van der Waals surface area contributed by atoms with Crippen LogP contribution in [0.3, 0.4) is 0 Å². The number of nitrogens with one attached hydrogen (secondary N) is 1. The summed E-state index contributed by atoms with van der Waals surface area (Å²) >= 11 is 0. The highest BCUT2D eigenvalue weighted by Crippen LogP contribution is 2.28. The van der Waals surface area contributed by atoms with E-state index in [0.29, 0.717) is 17.1 Å². The van der Waals surface area contributed by atoms with Gasteiger partial charge in [0.2, 0.25) is 0 Å². The predicted octanol–water partition coefficient (Wildman–Crippen LogP) is 2.53. The monoisotopic (exact) mass is 276 g/mol. The van der Waals surface area contributed by atoms with Crippen LogP contribution < -0.4 is 14.8 Å². The van der Waals surface area contributed by atoms with Crippen LogP contribution >= 0.6 is 0 Å². The average Bonchev–Trinajstić information content (AvgIpc) is 2.46. The Kier molecular flexibility index (Phi) is 4.90. The summed E-state index contributed by atoms with van der Waals surface area (Å²) in [6.07, 6.45) is 2.74. The average molecular weight is 276 g/mol. The van der Waals surface area contributed by atoms with Gasteiger partial charge in [0, 0.05) is 18.3 Å². The van der Waals surface area contributed by atoms with Gasteiger partial charge >= 0.3 is 0 Å². The lowest BCUT2D eigenvalue weighted by atomic mass is 10.2. The van der Waals surface area contributed by atoms with Gasteiger partial charge in [0.15, 0.2) is 11.5 Å². The summed E-state index contributed by atoms with van der Waals surface area (Å²) < 4.78 is 24.0. The number of halogens is 1. The summed E-state index contributed by atoms with van der Waals surface area (Å²) in [4.78, 5) is 3.78. The standard InChI is InChI=1S/C15H17FN2O2/c1-17-7-11-3-4-14(15(6-11)19-2)20-10-12-5-13(16)9-18-8-12/h3-6,8-9,17H,7,10H2,1-2H3. The third-order valence-corrected chi connectivity index (χ3v) is 2.76. The molecular formula is C15H17FN2O2. The molecule has 0 aliphatic rings. The lowest BCUT2D eigenvalue weighted by Gasteiger charge is -2.12. The van der Waals surface area contributed by atoms with Gasteiger partial charge in [-0.2, -0.15) is 0 Å². The Bertz CT molecular complexity index is 576. The molecule has 0 spiro atoms. The second kappa shape index (κ2) is 6.86. The Morgan fingerprint density at radius 2 is 2.00 bits per heavy atom. The van der Waals surface area contributed by atoms with Crippen LogP contribution in [0.25, 0.3) is 0 Å². The number of ether oxygens (including phenoxy) is 2. The number of nitrogens with zero attached hydrogens (tertiary/aromatic N) is 1. The molecule has 1 heterocycles. The van der Waals surface area contributed by atoms with Crippen molar-refractivity contribution >= 4 is 0 Å². The minimum absolute atomic E-state index is 0.243. The van der Waals surface area contributed by atoms with E-state index in [4.69, 9.17) is 9.47 Å². The number of methoxy groups -OCH3 is 1. The van der Waals surface area contributed by atoms with E-state index in [1.54, 1.807) is 13.3 Å². The molecule has 0 aliphatic heterocycles. The molecule has 5 heteroatoms. The van der Waals surface area contributed by atoms with Crippen LogP contribution in [0.15, 0.2) is 36.7 Å². The lowest BCUT2D eigenvalue weighted by Crippen LogP contribution is -2.05. The maximum atomic E-state index is 13.0. The van der Waals surface area contributed by atoms with Gasteiger partial charge in [-0.3, -0.25) is 4.98 Å². The molecule has 0 fully saturated rings. The van der Waals surface area contributed by atoms with E-state index in [-0.39, 0.29) is 12.4 Å². The fraction of sp³-hybridized carbons (Fsp3) is 0.267. The van der Waals surface area contributed by atoms with Crippen molar-refractivity contribution in [3.05, 3.63) is 53.6 Å². The Morgan fingerprint density at radius 3 is 2.70 bits per heavy atom. The van der Waals surface area contributed by atoms with Crippen LogP contribution in [0, 0.1) is 5.82 Å². The first-order valence-electron chi connectivity index (χ1n) is 6.26. The molecule has 106 valence electrons. The van der Waals surface area contributed by atoms with E-state index >= 15 is 0 Å². The van der Waals surface area contributed by atoms with Crippen molar-refractivity contribution in [3.8, 4) is 11.5 Å². The Hall–Kier alpha value is -2.14. The highest BCUT2D eigenvalue weighted by Gasteiger charge is 2.06. The SMILES string of the molecule is CNCc1ccc(OCc2cncc(F)c2)c(OC)c1. The number of benzene rings is 1. The molecule has 0 unspecified atom stereocenters. The van der Waals surface area contributed by atoms with Gasteiger partial charge in [-0.05, 0) is 30.8 Å². The molecule has 1 aromatic carbocycles. The maximum Gasteiger partial charge on any atom is 0.161 e. The number of hydrogen-bond donors (Lipinski definition) is 1. The fourth-order valence-electron chi connectivity index (χ4n) is 1.84. The quantitative estimate of drug-likeness (QED) is 0.880. The zero-order valence-corrected chi connectivity index (χ0v) is 11.5. The minimum atomic E-state index is -0.373. The normalized spacial score (nSPS) is 10.3. The van der Waals surface area contributed by atoms with E-state index in [0.717, 1.165) is 18.3 Å². The zero-order valence-electron chi connectivity index (χ0n) is 11.5. The smallest absolute Gasteiger partial charge is 0.161 e. The molecular weight excluding hydrogens is 259 g/mol. The van der Waals surface area contributed by atoms with Crippen LogP contribution in [0.4, 0.5) is 4.39 Å². The molecule has 0 atom stereocenters. The second-order valence-corrected chi connectivity index (χ2v) is 4.32. The van der Waals surface area contributed by atoms with Crippen molar-refractivity contribution in [3.63, 3.8) is 0 Å². The topological polar surface area (TPSA) is 43.4 Å². The van der Waals surface area contributed by atoms with Gasteiger partial charge in [0.25, 0.3) is 0 Å². The molecule has 1 aromatic heterocycles. The van der Waals surface area contributed by atoms with Crippen molar-refractivity contribution in [2.24, 2.45) is 0 Å². The summed E-state index contributed by atoms with van der Waals surface area (Å²) in [6, 6.07) is 7.11.